The maximum absolute atomic E-state index is 11.4. The van der Waals surface area contributed by atoms with E-state index in [0.717, 1.165) is 0 Å². The first-order chi connectivity index (χ1) is 6.15. The van der Waals surface area contributed by atoms with E-state index in [2.05, 4.69) is 22.5 Å². The van der Waals surface area contributed by atoms with Crippen molar-refractivity contribution in [3.8, 4) is 5.75 Å². The summed E-state index contributed by atoms with van der Waals surface area (Å²) in [6.07, 6.45) is 0. The number of rotatable bonds is 3. The van der Waals surface area contributed by atoms with Gasteiger partial charge in [0.25, 0.3) is 0 Å². The highest BCUT2D eigenvalue weighted by molar-refractivity contribution is 9.12. The highest BCUT2D eigenvalue weighted by Crippen LogP contribution is 2.17. The first-order valence-electron chi connectivity index (χ1n) is 3.68. The largest absolute Gasteiger partial charge is 0.497 e. The molecule has 1 aromatic rings. The van der Waals surface area contributed by atoms with Gasteiger partial charge in [-0.1, -0.05) is 18.7 Å². The number of hydrogen-bond acceptors (Lipinski definition) is 2. The molecule has 0 spiro atoms. The summed E-state index contributed by atoms with van der Waals surface area (Å²) >= 11 is 3.04. The fourth-order valence-corrected chi connectivity index (χ4v) is 1.15. The molecule has 0 fully saturated rings. The zero-order valence-electron chi connectivity index (χ0n) is 7.21. The number of halogens is 1. The molecule has 13 heavy (non-hydrogen) atoms. The smallest absolute Gasteiger partial charge is 0.199 e. The molecule has 0 atom stereocenters. The van der Waals surface area contributed by atoms with Gasteiger partial charge >= 0.3 is 0 Å². The van der Waals surface area contributed by atoms with E-state index in [1.54, 1.807) is 31.4 Å². The van der Waals surface area contributed by atoms with E-state index in [1.165, 1.54) is 0 Å². The number of carbonyl (C=O) groups excluding carboxylic acids is 1. The molecular formula is C10H9BrO2. The Morgan fingerprint density at radius 2 is 2.23 bits per heavy atom. The Balaban J connectivity index is 3.02. The number of carbonyl (C=O) groups is 1. The van der Waals surface area contributed by atoms with Crippen molar-refractivity contribution >= 4 is 21.7 Å². The monoisotopic (exact) mass is 240 g/mol. The second-order valence-electron chi connectivity index (χ2n) is 2.47. The molecule has 0 aromatic heterocycles. The minimum absolute atomic E-state index is 0.126. The normalized spacial score (nSPS) is 9.38. The second kappa shape index (κ2) is 4.23. The van der Waals surface area contributed by atoms with Crippen LogP contribution in [0.25, 0.3) is 0 Å². The van der Waals surface area contributed by atoms with E-state index in [1.807, 2.05) is 0 Å². The molecule has 1 aromatic carbocycles. The topological polar surface area (TPSA) is 26.3 Å². The Labute approximate surface area is 85.3 Å². The predicted octanol–water partition coefficient (Wildman–Crippen LogP) is 2.79. The number of methoxy groups -OCH3 is 1. The van der Waals surface area contributed by atoms with Crippen LogP contribution in [0.3, 0.4) is 0 Å². The fraction of sp³-hybridized carbons (Fsp3) is 0.100. The molecule has 0 N–H and O–H groups in total. The summed E-state index contributed by atoms with van der Waals surface area (Å²) in [6.45, 7) is 3.51. The second-order valence-corrected chi connectivity index (χ2v) is 3.42. The summed E-state index contributed by atoms with van der Waals surface area (Å²) in [6, 6.07) is 6.95. The van der Waals surface area contributed by atoms with E-state index in [9.17, 15) is 4.79 Å². The van der Waals surface area contributed by atoms with Gasteiger partial charge in [0.05, 0.1) is 11.6 Å². The lowest BCUT2D eigenvalue weighted by Crippen LogP contribution is -1.97. The average molecular weight is 241 g/mol. The Kier molecular flexibility index (Phi) is 3.25. The molecule has 0 saturated heterocycles. The molecular weight excluding hydrogens is 232 g/mol. The molecule has 0 aliphatic heterocycles. The molecule has 3 heteroatoms. The molecule has 0 saturated carbocycles. The van der Waals surface area contributed by atoms with Crippen LogP contribution in [0.2, 0.25) is 0 Å². The lowest BCUT2D eigenvalue weighted by molar-refractivity contribution is 0.104. The fourth-order valence-electron chi connectivity index (χ4n) is 0.921. The number of allylic oxidation sites excluding steroid dienone is 1. The van der Waals surface area contributed by atoms with Crippen LogP contribution in [0.5, 0.6) is 5.75 Å². The summed E-state index contributed by atoms with van der Waals surface area (Å²) < 4.78 is 5.34. The van der Waals surface area contributed by atoms with E-state index in [-0.39, 0.29) is 5.78 Å². The number of benzene rings is 1. The molecule has 2 nitrogen and oxygen atoms in total. The van der Waals surface area contributed by atoms with Crippen LogP contribution in [-0.4, -0.2) is 12.9 Å². The number of hydrogen-bond donors (Lipinski definition) is 0. The van der Waals surface area contributed by atoms with Gasteiger partial charge in [-0.2, -0.15) is 0 Å². The average Bonchev–Trinajstić information content (AvgIpc) is 2.16. The highest BCUT2D eigenvalue weighted by atomic mass is 79.9. The van der Waals surface area contributed by atoms with Crippen molar-refractivity contribution in [2.45, 2.75) is 0 Å². The van der Waals surface area contributed by atoms with Crippen LogP contribution in [0.15, 0.2) is 35.3 Å². The van der Waals surface area contributed by atoms with Crippen molar-refractivity contribution in [2.75, 3.05) is 7.11 Å². The van der Waals surface area contributed by atoms with Crippen LogP contribution in [-0.2, 0) is 0 Å². The molecule has 0 radical (unpaired) electrons. The lowest BCUT2D eigenvalue weighted by Gasteiger charge is -2.01. The Morgan fingerprint density at radius 1 is 1.54 bits per heavy atom. The zero-order valence-corrected chi connectivity index (χ0v) is 8.80. The van der Waals surface area contributed by atoms with Gasteiger partial charge in [-0.25, -0.2) is 0 Å². The molecule has 0 aliphatic carbocycles. The van der Waals surface area contributed by atoms with Gasteiger partial charge in [0.15, 0.2) is 5.78 Å². The molecule has 1 rings (SSSR count). The Morgan fingerprint density at radius 3 is 2.77 bits per heavy atom. The van der Waals surface area contributed by atoms with Crippen LogP contribution in [0.1, 0.15) is 10.4 Å². The number of ether oxygens (including phenoxy) is 1. The van der Waals surface area contributed by atoms with Crippen LogP contribution < -0.4 is 4.74 Å². The highest BCUT2D eigenvalue weighted by Gasteiger charge is 2.07. The van der Waals surface area contributed by atoms with Gasteiger partial charge in [-0.3, -0.25) is 4.79 Å². The zero-order chi connectivity index (χ0) is 9.84. The molecule has 0 bridgehead atoms. The van der Waals surface area contributed by atoms with E-state index < -0.39 is 0 Å². The summed E-state index contributed by atoms with van der Waals surface area (Å²) in [5.74, 6) is 0.540. The third kappa shape index (κ3) is 2.42. The first-order valence-corrected chi connectivity index (χ1v) is 4.47. The van der Waals surface area contributed by atoms with Crippen LogP contribution in [0, 0.1) is 0 Å². The van der Waals surface area contributed by atoms with Crippen molar-refractivity contribution < 1.29 is 9.53 Å². The third-order valence-electron chi connectivity index (χ3n) is 1.58. The molecule has 0 unspecified atom stereocenters. The number of ketones is 1. The van der Waals surface area contributed by atoms with Gasteiger partial charge in [-0.05, 0) is 28.1 Å². The van der Waals surface area contributed by atoms with Gasteiger partial charge in [-0.15, -0.1) is 0 Å². The summed E-state index contributed by atoms with van der Waals surface area (Å²) in [5.41, 5.74) is 0.571. The Hall–Kier alpha value is -1.09. The minimum Gasteiger partial charge on any atom is -0.497 e. The van der Waals surface area contributed by atoms with Gasteiger partial charge < -0.3 is 4.74 Å². The number of Topliss-reactive ketones (excluding diaryl/α,β-unsaturated/α-hetero) is 1. The van der Waals surface area contributed by atoms with Crippen molar-refractivity contribution in [1.29, 1.82) is 0 Å². The van der Waals surface area contributed by atoms with E-state index in [0.29, 0.717) is 15.8 Å². The van der Waals surface area contributed by atoms with Gasteiger partial charge in [0.2, 0.25) is 0 Å². The lowest BCUT2D eigenvalue weighted by atomic mass is 10.1. The minimum atomic E-state index is -0.126. The summed E-state index contributed by atoms with van der Waals surface area (Å²) in [4.78, 5) is 11.4. The van der Waals surface area contributed by atoms with Gasteiger partial charge in [0, 0.05) is 5.56 Å². The van der Waals surface area contributed by atoms with Crippen molar-refractivity contribution in [3.05, 3.63) is 40.9 Å². The predicted molar refractivity (Wildman–Crippen MR) is 55.4 cm³/mol. The molecule has 0 amide bonds. The quantitative estimate of drug-likeness (QED) is 0.600. The SMILES string of the molecule is C=C(Br)C(=O)c1cccc(OC)c1. The molecule has 0 heterocycles. The summed E-state index contributed by atoms with van der Waals surface area (Å²) in [5, 5.41) is 0. The maximum Gasteiger partial charge on any atom is 0.199 e. The van der Waals surface area contributed by atoms with Gasteiger partial charge in [0.1, 0.15) is 5.75 Å². The third-order valence-corrected chi connectivity index (χ3v) is 1.94. The van der Waals surface area contributed by atoms with Crippen molar-refractivity contribution in [2.24, 2.45) is 0 Å². The first kappa shape index (κ1) is 9.99. The van der Waals surface area contributed by atoms with Crippen LogP contribution in [0.4, 0.5) is 0 Å². The van der Waals surface area contributed by atoms with E-state index >= 15 is 0 Å². The van der Waals surface area contributed by atoms with Crippen molar-refractivity contribution in [3.63, 3.8) is 0 Å². The molecule has 68 valence electrons. The Bertz CT molecular complexity index is 345. The van der Waals surface area contributed by atoms with E-state index in [4.69, 9.17) is 4.74 Å². The maximum atomic E-state index is 11.4. The summed E-state index contributed by atoms with van der Waals surface area (Å²) in [7, 11) is 1.56. The standard InChI is InChI=1S/C10H9BrO2/c1-7(11)10(12)8-4-3-5-9(6-8)13-2/h3-6H,1H2,2H3. The van der Waals surface area contributed by atoms with Crippen molar-refractivity contribution in [1.82, 2.24) is 0 Å². The molecule has 0 aliphatic rings. The van der Waals surface area contributed by atoms with Crippen LogP contribution >= 0.6 is 15.9 Å².